The van der Waals surface area contributed by atoms with Gasteiger partial charge in [0.05, 0.1) is 0 Å². The second kappa shape index (κ2) is 8.52. The summed E-state index contributed by atoms with van der Waals surface area (Å²) in [5, 5.41) is 0. The van der Waals surface area contributed by atoms with Crippen molar-refractivity contribution in [2.45, 2.75) is 52.5 Å². The van der Waals surface area contributed by atoms with Crippen LogP contribution < -0.4 is 5.73 Å². The van der Waals surface area contributed by atoms with Crippen LogP contribution in [0.3, 0.4) is 0 Å². The minimum absolute atomic E-state index is 0.321. The highest BCUT2D eigenvalue weighted by atomic mass is 16.5. The maximum atomic E-state index is 5.91. The Morgan fingerprint density at radius 3 is 2.46 bits per heavy atom. The Kier molecular flexibility index (Phi) is 8.46. The number of rotatable bonds is 8. The molecule has 2 heteroatoms. The molecular formula is C11H25NO. The standard InChI is InChI=1S/C11H25NO/c1-4-5-7-13-8-6-11(12)9-10(2)3/h10-11H,4-9,12H2,1-3H3. The van der Waals surface area contributed by atoms with E-state index in [0.29, 0.717) is 12.0 Å². The zero-order chi connectivity index (χ0) is 10.1. The average Bonchev–Trinajstić information content (AvgIpc) is 2.02. The number of unbranched alkanes of at least 4 members (excludes halogenated alkanes) is 1. The normalized spacial score (nSPS) is 13.6. The van der Waals surface area contributed by atoms with Gasteiger partial charge in [-0.05, 0) is 25.2 Å². The van der Waals surface area contributed by atoms with Crippen LogP contribution in [-0.4, -0.2) is 19.3 Å². The van der Waals surface area contributed by atoms with Crippen LogP contribution >= 0.6 is 0 Å². The molecule has 0 radical (unpaired) electrons. The third-order valence-corrected chi connectivity index (χ3v) is 2.05. The number of hydrogen-bond donors (Lipinski definition) is 1. The minimum Gasteiger partial charge on any atom is -0.381 e. The molecule has 0 saturated carbocycles. The van der Waals surface area contributed by atoms with Crippen LogP contribution in [0.1, 0.15) is 46.5 Å². The van der Waals surface area contributed by atoms with Crippen molar-refractivity contribution in [2.75, 3.05) is 13.2 Å². The van der Waals surface area contributed by atoms with Gasteiger partial charge in [-0.25, -0.2) is 0 Å². The quantitative estimate of drug-likeness (QED) is 0.593. The fraction of sp³-hybridized carbons (Fsp3) is 1.00. The first-order chi connectivity index (χ1) is 6.16. The van der Waals surface area contributed by atoms with Crippen molar-refractivity contribution in [3.63, 3.8) is 0 Å². The summed E-state index contributed by atoms with van der Waals surface area (Å²) in [6.45, 7) is 8.31. The topological polar surface area (TPSA) is 35.2 Å². The highest BCUT2D eigenvalue weighted by Crippen LogP contribution is 2.05. The predicted octanol–water partition coefficient (Wildman–Crippen LogP) is 2.57. The Labute approximate surface area is 82.8 Å². The van der Waals surface area contributed by atoms with E-state index < -0.39 is 0 Å². The third kappa shape index (κ3) is 9.84. The molecule has 0 heterocycles. The summed E-state index contributed by atoms with van der Waals surface area (Å²) in [7, 11) is 0. The lowest BCUT2D eigenvalue weighted by Crippen LogP contribution is -2.23. The van der Waals surface area contributed by atoms with Crippen molar-refractivity contribution in [2.24, 2.45) is 11.7 Å². The Bertz CT molecular complexity index is 104. The molecule has 0 bridgehead atoms. The van der Waals surface area contributed by atoms with E-state index in [2.05, 4.69) is 20.8 Å². The van der Waals surface area contributed by atoms with Gasteiger partial charge in [-0.15, -0.1) is 0 Å². The molecule has 0 aliphatic carbocycles. The van der Waals surface area contributed by atoms with E-state index >= 15 is 0 Å². The van der Waals surface area contributed by atoms with Gasteiger partial charge in [-0.2, -0.15) is 0 Å². The largest absolute Gasteiger partial charge is 0.381 e. The molecule has 0 aliphatic rings. The van der Waals surface area contributed by atoms with Crippen LogP contribution in [0.2, 0.25) is 0 Å². The monoisotopic (exact) mass is 187 g/mol. The first-order valence-electron chi connectivity index (χ1n) is 5.50. The van der Waals surface area contributed by atoms with Crippen LogP contribution in [0, 0.1) is 5.92 Å². The van der Waals surface area contributed by atoms with Crippen molar-refractivity contribution >= 4 is 0 Å². The van der Waals surface area contributed by atoms with E-state index in [1.165, 1.54) is 12.8 Å². The smallest absolute Gasteiger partial charge is 0.0480 e. The molecule has 80 valence electrons. The van der Waals surface area contributed by atoms with E-state index in [-0.39, 0.29) is 0 Å². The molecule has 13 heavy (non-hydrogen) atoms. The van der Waals surface area contributed by atoms with E-state index in [1.807, 2.05) is 0 Å². The SMILES string of the molecule is CCCCOCCC(N)CC(C)C. The van der Waals surface area contributed by atoms with Gasteiger partial charge >= 0.3 is 0 Å². The molecule has 2 N–H and O–H groups in total. The fourth-order valence-electron chi connectivity index (χ4n) is 1.31. The molecule has 0 saturated heterocycles. The molecule has 0 fully saturated rings. The summed E-state index contributed by atoms with van der Waals surface area (Å²) in [4.78, 5) is 0. The molecule has 0 spiro atoms. The Balaban J connectivity index is 3.12. The first-order valence-corrected chi connectivity index (χ1v) is 5.50. The zero-order valence-electron chi connectivity index (χ0n) is 9.38. The van der Waals surface area contributed by atoms with Gasteiger partial charge in [0.1, 0.15) is 0 Å². The highest BCUT2D eigenvalue weighted by Gasteiger charge is 2.04. The predicted molar refractivity (Wildman–Crippen MR) is 57.8 cm³/mol. The third-order valence-electron chi connectivity index (χ3n) is 2.05. The van der Waals surface area contributed by atoms with E-state index in [1.54, 1.807) is 0 Å². The second-order valence-electron chi connectivity index (χ2n) is 4.14. The lowest BCUT2D eigenvalue weighted by atomic mass is 10.0. The van der Waals surface area contributed by atoms with E-state index in [4.69, 9.17) is 10.5 Å². The molecule has 1 unspecified atom stereocenters. The summed E-state index contributed by atoms with van der Waals surface area (Å²) in [6.07, 6.45) is 4.48. The van der Waals surface area contributed by atoms with Gasteiger partial charge in [0, 0.05) is 19.3 Å². The Morgan fingerprint density at radius 1 is 1.23 bits per heavy atom. The van der Waals surface area contributed by atoms with Crippen LogP contribution in [0.4, 0.5) is 0 Å². The molecule has 0 aromatic carbocycles. The van der Waals surface area contributed by atoms with Crippen molar-refractivity contribution in [3.05, 3.63) is 0 Å². The lowest BCUT2D eigenvalue weighted by molar-refractivity contribution is 0.122. The molecule has 2 nitrogen and oxygen atoms in total. The average molecular weight is 187 g/mol. The van der Waals surface area contributed by atoms with E-state index in [0.717, 1.165) is 26.1 Å². The van der Waals surface area contributed by atoms with Gasteiger partial charge in [0.25, 0.3) is 0 Å². The van der Waals surface area contributed by atoms with Crippen molar-refractivity contribution in [3.8, 4) is 0 Å². The zero-order valence-corrected chi connectivity index (χ0v) is 9.38. The van der Waals surface area contributed by atoms with Crippen LogP contribution in [-0.2, 0) is 4.74 Å². The molecule has 1 atom stereocenters. The van der Waals surface area contributed by atoms with Crippen molar-refractivity contribution in [1.29, 1.82) is 0 Å². The molecule has 0 rings (SSSR count). The Morgan fingerprint density at radius 2 is 1.92 bits per heavy atom. The number of ether oxygens (including phenoxy) is 1. The van der Waals surface area contributed by atoms with Crippen LogP contribution in [0.25, 0.3) is 0 Å². The number of nitrogens with two attached hydrogens (primary N) is 1. The maximum absolute atomic E-state index is 5.91. The van der Waals surface area contributed by atoms with Gasteiger partial charge in [-0.3, -0.25) is 0 Å². The summed E-state index contributed by atoms with van der Waals surface area (Å²) in [5.41, 5.74) is 5.91. The summed E-state index contributed by atoms with van der Waals surface area (Å²) >= 11 is 0. The van der Waals surface area contributed by atoms with Gasteiger partial charge in [-0.1, -0.05) is 27.2 Å². The van der Waals surface area contributed by atoms with Crippen LogP contribution in [0.5, 0.6) is 0 Å². The van der Waals surface area contributed by atoms with Gasteiger partial charge < -0.3 is 10.5 Å². The lowest BCUT2D eigenvalue weighted by Gasteiger charge is -2.13. The number of hydrogen-bond acceptors (Lipinski definition) is 2. The Hall–Kier alpha value is -0.0800. The summed E-state index contributed by atoms with van der Waals surface area (Å²) < 4.78 is 5.45. The highest BCUT2D eigenvalue weighted by molar-refractivity contribution is 4.62. The van der Waals surface area contributed by atoms with E-state index in [9.17, 15) is 0 Å². The van der Waals surface area contributed by atoms with Crippen molar-refractivity contribution in [1.82, 2.24) is 0 Å². The summed E-state index contributed by atoms with van der Waals surface area (Å²) in [6, 6.07) is 0.321. The second-order valence-corrected chi connectivity index (χ2v) is 4.14. The first kappa shape index (κ1) is 12.9. The molecule has 0 aromatic heterocycles. The van der Waals surface area contributed by atoms with Crippen molar-refractivity contribution < 1.29 is 4.74 Å². The summed E-state index contributed by atoms with van der Waals surface area (Å²) in [5.74, 6) is 0.700. The molecule has 0 aliphatic heterocycles. The fourth-order valence-corrected chi connectivity index (χ4v) is 1.31. The molecule has 0 aromatic rings. The maximum Gasteiger partial charge on any atom is 0.0480 e. The van der Waals surface area contributed by atoms with Crippen LogP contribution in [0.15, 0.2) is 0 Å². The van der Waals surface area contributed by atoms with Gasteiger partial charge in [0.15, 0.2) is 0 Å². The van der Waals surface area contributed by atoms with Gasteiger partial charge in [0.2, 0.25) is 0 Å². The molecular weight excluding hydrogens is 162 g/mol. The molecule has 0 amide bonds. The minimum atomic E-state index is 0.321.